The van der Waals surface area contributed by atoms with Crippen LogP contribution in [0, 0.1) is 5.92 Å². The number of likely N-dealkylation sites (tertiary alicyclic amines) is 1. The molecule has 0 aliphatic carbocycles. The number of aliphatic hydroxyl groups is 1. The number of rotatable bonds is 10. The quantitative estimate of drug-likeness (QED) is 0.272. The third-order valence-electron chi connectivity index (χ3n) is 5.12. The van der Waals surface area contributed by atoms with Crippen LogP contribution in [0.15, 0.2) is 60.7 Å². The second-order valence-corrected chi connectivity index (χ2v) is 7.04. The fourth-order valence-corrected chi connectivity index (χ4v) is 3.60. The van der Waals surface area contributed by atoms with E-state index in [1.54, 1.807) is 37.5 Å². The van der Waals surface area contributed by atoms with Gasteiger partial charge in [-0.2, -0.15) is 0 Å². The van der Waals surface area contributed by atoms with Gasteiger partial charge in [-0.15, -0.1) is 0 Å². The monoisotopic (exact) mass is 423 g/mol. The highest BCUT2D eigenvalue weighted by molar-refractivity contribution is 6.43. The number of ether oxygens (including phenoxy) is 2. The Balaban J connectivity index is 1.89. The van der Waals surface area contributed by atoms with E-state index in [9.17, 15) is 14.4 Å². The molecule has 0 aromatic heterocycles. The van der Waals surface area contributed by atoms with Crippen LogP contribution in [-0.4, -0.2) is 61.0 Å². The van der Waals surface area contributed by atoms with Gasteiger partial charge in [-0.1, -0.05) is 48.5 Å². The number of allylic oxidation sites excluding steroid dienone is 1. The highest BCUT2D eigenvalue weighted by Gasteiger charge is 2.50. The van der Waals surface area contributed by atoms with E-state index in [1.807, 2.05) is 30.3 Å². The molecule has 0 radical (unpaired) electrons. The van der Waals surface area contributed by atoms with Crippen molar-refractivity contribution in [2.75, 3.05) is 33.5 Å². The molecule has 7 heteroatoms. The molecular formula is C24H25NO6. The SMILES string of the molecule is COc1ccc(C2C(C(=O)/C=C/c3ccccc3)C(=O)C(=O)N2CCOCCO)cc1. The summed E-state index contributed by atoms with van der Waals surface area (Å²) < 4.78 is 10.5. The number of hydrogen-bond acceptors (Lipinski definition) is 6. The van der Waals surface area contributed by atoms with Gasteiger partial charge in [-0.05, 0) is 29.3 Å². The Bertz CT molecular complexity index is 938. The molecule has 1 N–H and O–H groups in total. The zero-order valence-electron chi connectivity index (χ0n) is 17.3. The minimum absolute atomic E-state index is 0.130. The molecule has 3 rings (SSSR count). The highest BCUT2D eigenvalue weighted by Crippen LogP contribution is 2.37. The zero-order valence-corrected chi connectivity index (χ0v) is 17.3. The van der Waals surface area contributed by atoms with Crippen molar-refractivity contribution in [3.8, 4) is 5.75 Å². The molecule has 7 nitrogen and oxygen atoms in total. The number of nitrogens with zero attached hydrogens (tertiary/aromatic N) is 1. The number of hydrogen-bond donors (Lipinski definition) is 1. The Morgan fingerprint density at radius 1 is 1.06 bits per heavy atom. The number of amides is 1. The predicted octanol–water partition coefficient (Wildman–Crippen LogP) is 2.06. The van der Waals surface area contributed by atoms with Gasteiger partial charge in [-0.3, -0.25) is 14.4 Å². The fourth-order valence-electron chi connectivity index (χ4n) is 3.60. The molecule has 2 atom stereocenters. The summed E-state index contributed by atoms with van der Waals surface area (Å²) in [6, 6.07) is 15.5. The van der Waals surface area contributed by atoms with E-state index in [0.717, 1.165) is 5.56 Å². The third-order valence-corrected chi connectivity index (χ3v) is 5.12. The van der Waals surface area contributed by atoms with Crippen LogP contribution in [-0.2, 0) is 19.1 Å². The summed E-state index contributed by atoms with van der Waals surface area (Å²) in [5.74, 6) is -2.38. The van der Waals surface area contributed by atoms with Gasteiger partial charge in [0.25, 0.3) is 5.91 Å². The summed E-state index contributed by atoms with van der Waals surface area (Å²) in [5.41, 5.74) is 1.48. The first-order valence-electron chi connectivity index (χ1n) is 10.0. The lowest BCUT2D eigenvalue weighted by molar-refractivity contribution is -0.142. The molecule has 1 heterocycles. The lowest BCUT2D eigenvalue weighted by Crippen LogP contribution is -2.33. The molecule has 1 saturated heterocycles. The summed E-state index contributed by atoms with van der Waals surface area (Å²) in [5, 5.41) is 8.88. The third kappa shape index (κ3) is 5.25. The van der Waals surface area contributed by atoms with Crippen molar-refractivity contribution >= 4 is 23.5 Å². The van der Waals surface area contributed by atoms with Gasteiger partial charge >= 0.3 is 0 Å². The maximum absolute atomic E-state index is 13.0. The molecular weight excluding hydrogens is 398 g/mol. The summed E-state index contributed by atoms with van der Waals surface area (Å²) in [7, 11) is 1.54. The van der Waals surface area contributed by atoms with E-state index in [0.29, 0.717) is 11.3 Å². The smallest absolute Gasteiger partial charge is 0.291 e. The molecule has 0 bridgehead atoms. The number of Topliss-reactive ketones (excluding diaryl/α,β-unsaturated/α-hetero) is 1. The van der Waals surface area contributed by atoms with Gasteiger partial charge in [0, 0.05) is 6.54 Å². The van der Waals surface area contributed by atoms with Crippen molar-refractivity contribution in [3.05, 3.63) is 71.8 Å². The molecule has 1 aliphatic heterocycles. The summed E-state index contributed by atoms with van der Waals surface area (Å²) >= 11 is 0. The van der Waals surface area contributed by atoms with Crippen molar-refractivity contribution in [1.29, 1.82) is 0 Å². The number of methoxy groups -OCH3 is 1. The Kier molecular flexibility index (Phi) is 7.70. The van der Waals surface area contributed by atoms with Crippen molar-refractivity contribution in [2.45, 2.75) is 6.04 Å². The van der Waals surface area contributed by atoms with Crippen molar-refractivity contribution in [1.82, 2.24) is 4.90 Å². The minimum atomic E-state index is -1.14. The predicted molar refractivity (Wildman–Crippen MR) is 114 cm³/mol. The summed E-state index contributed by atoms with van der Waals surface area (Å²) in [6.07, 6.45) is 2.99. The Labute approximate surface area is 180 Å². The average molecular weight is 423 g/mol. The van der Waals surface area contributed by atoms with Crippen LogP contribution in [0.3, 0.4) is 0 Å². The molecule has 31 heavy (non-hydrogen) atoms. The van der Waals surface area contributed by atoms with Gasteiger partial charge in [0.05, 0.1) is 33.0 Å². The second-order valence-electron chi connectivity index (χ2n) is 7.04. The molecule has 1 aliphatic rings. The molecule has 162 valence electrons. The van der Waals surface area contributed by atoms with Crippen LogP contribution < -0.4 is 4.74 Å². The van der Waals surface area contributed by atoms with Crippen molar-refractivity contribution in [3.63, 3.8) is 0 Å². The van der Waals surface area contributed by atoms with Gasteiger partial charge in [0.15, 0.2) is 5.78 Å². The van der Waals surface area contributed by atoms with Gasteiger partial charge < -0.3 is 19.5 Å². The van der Waals surface area contributed by atoms with E-state index < -0.39 is 29.4 Å². The number of carbonyl (C=O) groups is 3. The molecule has 0 saturated carbocycles. The number of aliphatic hydroxyl groups excluding tert-OH is 1. The number of ketones is 2. The zero-order chi connectivity index (χ0) is 22.2. The van der Waals surface area contributed by atoms with E-state index in [-0.39, 0.29) is 26.4 Å². The van der Waals surface area contributed by atoms with Crippen LogP contribution in [0.4, 0.5) is 0 Å². The number of carbonyl (C=O) groups excluding carboxylic acids is 3. The summed E-state index contributed by atoms with van der Waals surface area (Å²) in [6.45, 7) is 0.270. The Morgan fingerprint density at radius 3 is 2.42 bits per heavy atom. The molecule has 2 aromatic rings. The minimum Gasteiger partial charge on any atom is -0.497 e. The van der Waals surface area contributed by atoms with Crippen LogP contribution in [0.5, 0.6) is 5.75 Å². The molecule has 0 spiro atoms. The normalized spacial score (nSPS) is 18.7. The lowest BCUT2D eigenvalue weighted by atomic mass is 9.89. The van der Waals surface area contributed by atoms with Crippen LogP contribution >= 0.6 is 0 Å². The van der Waals surface area contributed by atoms with E-state index in [1.165, 1.54) is 11.0 Å². The lowest BCUT2D eigenvalue weighted by Gasteiger charge is -2.27. The highest BCUT2D eigenvalue weighted by atomic mass is 16.5. The fraction of sp³-hybridized carbons (Fsp3) is 0.292. The standard InChI is InChI=1S/C24H25NO6/c1-30-19-10-8-18(9-11-19)22-21(20(27)12-7-17-5-3-2-4-6-17)23(28)24(29)25(22)13-15-31-16-14-26/h2-12,21-22,26H,13-16H2,1H3/b12-7+. The van der Waals surface area contributed by atoms with Crippen LogP contribution in [0.25, 0.3) is 6.08 Å². The Morgan fingerprint density at radius 2 is 1.77 bits per heavy atom. The van der Waals surface area contributed by atoms with Gasteiger partial charge in [0.1, 0.15) is 11.7 Å². The molecule has 2 aromatic carbocycles. The van der Waals surface area contributed by atoms with Crippen LogP contribution in [0.2, 0.25) is 0 Å². The van der Waals surface area contributed by atoms with Gasteiger partial charge in [-0.25, -0.2) is 0 Å². The molecule has 1 amide bonds. The topological polar surface area (TPSA) is 93.1 Å². The first kappa shape index (κ1) is 22.4. The average Bonchev–Trinajstić information content (AvgIpc) is 3.06. The largest absolute Gasteiger partial charge is 0.497 e. The first-order chi connectivity index (χ1) is 15.1. The van der Waals surface area contributed by atoms with Crippen molar-refractivity contribution < 1.29 is 29.0 Å². The van der Waals surface area contributed by atoms with Crippen LogP contribution in [0.1, 0.15) is 17.2 Å². The molecule has 2 unspecified atom stereocenters. The second kappa shape index (κ2) is 10.7. The van der Waals surface area contributed by atoms with Crippen molar-refractivity contribution in [2.24, 2.45) is 5.92 Å². The maximum atomic E-state index is 13.0. The van der Waals surface area contributed by atoms with E-state index in [2.05, 4.69) is 0 Å². The maximum Gasteiger partial charge on any atom is 0.291 e. The van der Waals surface area contributed by atoms with Gasteiger partial charge in [0.2, 0.25) is 5.78 Å². The van der Waals surface area contributed by atoms with E-state index >= 15 is 0 Å². The summed E-state index contributed by atoms with van der Waals surface area (Å²) in [4.78, 5) is 40.0. The first-order valence-corrected chi connectivity index (χ1v) is 10.0. The number of benzene rings is 2. The molecule has 1 fully saturated rings. The van der Waals surface area contributed by atoms with E-state index in [4.69, 9.17) is 14.6 Å². The Hall–Kier alpha value is -3.29.